The Balaban J connectivity index is 1.93. The fourth-order valence-corrected chi connectivity index (χ4v) is 2.45. The number of nitrogens with zero attached hydrogens (tertiary/aromatic N) is 2. The summed E-state index contributed by atoms with van der Waals surface area (Å²) in [5.74, 6) is 0.000972. The minimum atomic E-state index is -0.282. The van der Waals surface area contributed by atoms with E-state index in [1.807, 2.05) is 13.0 Å². The van der Waals surface area contributed by atoms with Crippen LogP contribution < -0.4 is 11.1 Å². The molecule has 3 atom stereocenters. The third-order valence-electron chi connectivity index (χ3n) is 3.70. The van der Waals surface area contributed by atoms with E-state index < -0.39 is 0 Å². The molecule has 100 valence electrons. The van der Waals surface area contributed by atoms with E-state index in [0.29, 0.717) is 0 Å². The Morgan fingerprint density at radius 2 is 2.22 bits per heavy atom. The number of carbonyl (C=O) groups is 1. The Morgan fingerprint density at radius 3 is 2.94 bits per heavy atom. The molecule has 1 aromatic rings. The molecule has 0 saturated heterocycles. The van der Waals surface area contributed by atoms with Crippen LogP contribution in [0.2, 0.25) is 0 Å². The largest absolute Gasteiger partial charge is 0.350 e. The van der Waals surface area contributed by atoms with Gasteiger partial charge in [-0.2, -0.15) is 5.10 Å². The Kier molecular flexibility index (Phi) is 4.36. The number of nitrogens with two attached hydrogens (primary N) is 1. The number of carbonyl (C=O) groups excluding carboxylic acids is 1. The van der Waals surface area contributed by atoms with Gasteiger partial charge in [-0.15, -0.1) is 0 Å². The van der Waals surface area contributed by atoms with Crippen LogP contribution in [-0.4, -0.2) is 27.8 Å². The lowest BCUT2D eigenvalue weighted by molar-refractivity contribution is -0.125. The van der Waals surface area contributed by atoms with Crippen molar-refractivity contribution in [1.29, 1.82) is 0 Å². The molecule has 1 heterocycles. The third-order valence-corrected chi connectivity index (χ3v) is 3.70. The van der Waals surface area contributed by atoms with E-state index in [1.54, 1.807) is 17.1 Å². The zero-order chi connectivity index (χ0) is 13.0. The molecule has 3 N–H and O–H groups in total. The van der Waals surface area contributed by atoms with E-state index in [-0.39, 0.29) is 24.0 Å². The maximum atomic E-state index is 12.1. The van der Waals surface area contributed by atoms with E-state index in [0.717, 1.165) is 19.3 Å². The second-order valence-corrected chi connectivity index (χ2v) is 5.08. The molecule has 18 heavy (non-hydrogen) atoms. The Labute approximate surface area is 108 Å². The highest BCUT2D eigenvalue weighted by molar-refractivity contribution is 5.80. The van der Waals surface area contributed by atoms with E-state index in [1.165, 1.54) is 12.8 Å². The lowest BCUT2D eigenvalue weighted by atomic mass is 10.0. The average molecular weight is 250 g/mol. The summed E-state index contributed by atoms with van der Waals surface area (Å²) in [5.41, 5.74) is 6.11. The van der Waals surface area contributed by atoms with Gasteiger partial charge in [-0.05, 0) is 25.8 Å². The fourth-order valence-electron chi connectivity index (χ4n) is 2.45. The van der Waals surface area contributed by atoms with Crippen LogP contribution in [0.3, 0.4) is 0 Å². The molecular weight excluding hydrogens is 228 g/mol. The second kappa shape index (κ2) is 6.00. The number of aromatic nitrogens is 2. The van der Waals surface area contributed by atoms with Crippen LogP contribution in [0.15, 0.2) is 18.5 Å². The summed E-state index contributed by atoms with van der Waals surface area (Å²) in [6.07, 6.45) is 9.00. The highest BCUT2D eigenvalue weighted by atomic mass is 16.2. The maximum absolute atomic E-state index is 12.1. The summed E-state index contributed by atoms with van der Waals surface area (Å²) in [4.78, 5) is 12.1. The van der Waals surface area contributed by atoms with Crippen molar-refractivity contribution in [3.8, 4) is 0 Å². The first-order valence-electron chi connectivity index (χ1n) is 6.73. The number of rotatable bonds is 3. The van der Waals surface area contributed by atoms with Crippen molar-refractivity contribution >= 4 is 5.91 Å². The normalized spacial score (nSPS) is 26.3. The molecule has 2 rings (SSSR count). The predicted octanol–water partition coefficient (Wildman–Crippen LogP) is 1.22. The molecule has 3 unspecified atom stereocenters. The van der Waals surface area contributed by atoms with Gasteiger partial charge in [0.05, 0.1) is 0 Å². The van der Waals surface area contributed by atoms with E-state index in [4.69, 9.17) is 5.73 Å². The third kappa shape index (κ3) is 3.10. The lowest BCUT2D eigenvalue weighted by Crippen LogP contribution is -2.48. The van der Waals surface area contributed by atoms with Crippen molar-refractivity contribution < 1.29 is 4.79 Å². The smallest absolute Gasteiger partial charge is 0.244 e. The summed E-state index contributed by atoms with van der Waals surface area (Å²) in [6, 6.07) is 1.73. The van der Waals surface area contributed by atoms with Crippen molar-refractivity contribution in [2.75, 3.05) is 0 Å². The summed E-state index contributed by atoms with van der Waals surface area (Å²) >= 11 is 0. The zero-order valence-corrected chi connectivity index (χ0v) is 10.9. The van der Waals surface area contributed by atoms with Crippen molar-refractivity contribution in [2.24, 2.45) is 5.73 Å². The van der Waals surface area contributed by atoms with Crippen molar-refractivity contribution in [3.63, 3.8) is 0 Å². The monoisotopic (exact) mass is 250 g/mol. The van der Waals surface area contributed by atoms with Crippen molar-refractivity contribution in [3.05, 3.63) is 18.5 Å². The van der Waals surface area contributed by atoms with Gasteiger partial charge < -0.3 is 11.1 Å². The molecule has 1 aliphatic carbocycles. The van der Waals surface area contributed by atoms with Gasteiger partial charge in [-0.1, -0.05) is 19.3 Å². The number of amides is 1. The minimum absolute atomic E-state index is 0.000972. The van der Waals surface area contributed by atoms with E-state index in [9.17, 15) is 4.79 Å². The van der Waals surface area contributed by atoms with Gasteiger partial charge in [0.25, 0.3) is 0 Å². The lowest BCUT2D eigenvalue weighted by Gasteiger charge is -2.24. The SMILES string of the molecule is CC(C(=O)NC1CCCCCC1N)n1cccn1. The number of hydrogen-bond donors (Lipinski definition) is 2. The molecule has 1 amide bonds. The Bertz CT molecular complexity index is 376. The van der Waals surface area contributed by atoms with Crippen LogP contribution in [0.4, 0.5) is 0 Å². The van der Waals surface area contributed by atoms with E-state index in [2.05, 4.69) is 10.4 Å². The average Bonchev–Trinajstić information content (AvgIpc) is 2.82. The van der Waals surface area contributed by atoms with Crippen LogP contribution in [0.5, 0.6) is 0 Å². The van der Waals surface area contributed by atoms with Gasteiger partial charge in [0.2, 0.25) is 5.91 Å². The van der Waals surface area contributed by atoms with Crippen LogP contribution >= 0.6 is 0 Å². The first-order valence-corrected chi connectivity index (χ1v) is 6.73. The van der Waals surface area contributed by atoms with Gasteiger partial charge in [0, 0.05) is 24.5 Å². The van der Waals surface area contributed by atoms with Gasteiger partial charge in [-0.3, -0.25) is 9.48 Å². The Hall–Kier alpha value is -1.36. The maximum Gasteiger partial charge on any atom is 0.244 e. The van der Waals surface area contributed by atoms with Crippen LogP contribution in [-0.2, 0) is 4.79 Å². The summed E-state index contributed by atoms with van der Waals surface area (Å²) < 4.78 is 1.66. The predicted molar refractivity (Wildman–Crippen MR) is 69.9 cm³/mol. The summed E-state index contributed by atoms with van der Waals surface area (Å²) in [6.45, 7) is 1.85. The van der Waals surface area contributed by atoms with Crippen LogP contribution in [0, 0.1) is 0 Å². The zero-order valence-electron chi connectivity index (χ0n) is 10.9. The molecule has 1 fully saturated rings. The molecule has 0 aromatic carbocycles. The van der Waals surface area contributed by atoms with Gasteiger partial charge in [-0.25, -0.2) is 0 Å². The quantitative estimate of drug-likeness (QED) is 0.792. The molecule has 1 aromatic heterocycles. The van der Waals surface area contributed by atoms with Gasteiger partial charge in [0.15, 0.2) is 0 Å². The molecular formula is C13H22N4O. The standard InChI is InChI=1S/C13H22N4O/c1-10(17-9-5-8-15-17)13(18)16-12-7-4-2-3-6-11(12)14/h5,8-12H,2-4,6-7,14H2,1H3,(H,16,18). The van der Waals surface area contributed by atoms with Crippen LogP contribution in [0.1, 0.15) is 45.1 Å². The first-order chi connectivity index (χ1) is 8.68. The van der Waals surface area contributed by atoms with E-state index >= 15 is 0 Å². The summed E-state index contributed by atoms with van der Waals surface area (Å²) in [7, 11) is 0. The van der Waals surface area contributed by atoms with Gasteiger partial charge in [0.1, 0.15) is 6.04 Å². The molecule has 1 aliphatic rings. The Morgan fingerprint density at radius 1 is 1.44 bits per heavy atom. The number of nitrogens with one attached hydrogen (secondary N) is 1. The van der Waals surface area contributed by atoms with Crippen molar-refractivity contribution in [1.82, 2.24) is 15.1 Å². The molecule has 5 heteroatoms. The summed E-state index contributed by atoms with van der Waals surface area (Å²) in [5, 5.41) is 7.16. The molecule has 1 saturated carbocycles. The van der Waals surface area contributed by atoms with Gasteiger partial charge >= 0.3 is 0 Å². The van der Waals surface area contributed by atoms with Crippen LogP contribution in [0.25, 0.3) is 0 Å². The fraction of sp³-hybridized carbons (Fsp3) is 0.692. The topological polar surface area (TPSA) is 72.9 Å². The molecule has 0 aliphatic heterocycles. The highest BCUT2D eigenvalue weighted by Gasteiger charge is 2.24. The second-order valence-electron chi connectivity index (χ2n) is 5.08. The highest BCUT2D eigenvalue weighted by Crippen LogP contribution is 2.17. The molecule has 0 spiro atoms. The molecule has 0 radical (unpaired) electrons. The minimum Gasteiger partial charge on any atom is -0.350 e. The van der Waals surface area contributed by atoms with Crippen molar-refractivity contribution in [2.45, 2.75) is 57.2 Å². The number of hydrogen-bond acceptors (Lipinski definition) is 3. The molecule has 5 nitrogen and oxygen atoms in total. The molecule has 0 bridgehead atoms. The first kappa shape index (κ1) is 13.1.